The molecule has 0 bridgehead atoms. The summed E-state index contributed by atoms with van der Waals surface area (Å²) in [6.07, 6.45) is 25.0. The Balaban J connectivity index is 0.00000840. The predicted octanol–water partition coefficient (Wildman–Crippen LogP) is 5.86. The van der Waals surface area contributed by atoms with Crippen LogP contribution in [0.3, 0.4) is 0 Å². The van der Waals surface area contributed by atoms with Gasteiger partial charge in [0.1, 0.15) is 12.3 Å². The van der Waals surface area contributed by atoms with E-state index < -0.39 is 10.0 Å². The number of nitrogens with zero attached hydrogens (tertiary/aromatic N) is 2. The second kappa shape index (κ2) is 22.6. The lowest BCUT2D eigenvalue weighted by molar-refractivity contribution is -0.697. The molecule has 0 aliphatic rings. The van der Waals surface area contributed by atoms with Gasteiger partial charge < -0.3 is 28.7 Å². The molecule has 0 radical (unpaired) electrons. The van der Waals surface area contributed by atoms with Crippen LogP contribution in [0, 0.1) is 0 Å². The van der Waals surface area contributed by atoms with Crippen molar-refractivity contribution in [2.45, 2.75) is 130 Å². The lowest BCUT2D eigenvalue weighted by Gasteiger charge is -2.20. The molecular weight excluding hydrogens is 667 g/mol. The number of aryl methyl sites for hydroxylation is 1. The number of hydrogen-bond acceptors (Lipinski definition) is 3. The summed E-state index contributed by atoms with van der Waals surface area (Å²) >= 11 is 6.50. The average Bonchev–Trinajstić information content (AvgIpc) is 2.92. The zero-order valence-electron chi connectivity index (χ0n) is 25.8. The van der Waals surface area contributed by atoms with Gasteiger partial charge in [0.2, 0.25) is 10.0 Å². The molecule has 5 nitrogen and oxygen atoms in total. The molecule has 1 aromatic heterocycles. The molecule has 0 saturated carbocycles. The summed E-state index contributed by atoms with van der Waals surface area (Å²) in [4.78, 5) is 0. The maximum Gasteiger partial charge on any atom is 0.211 e. The fourth-order valence-electron chi connectivity index (χ4n) is 4.94. The van der Waals surface area contributed by atoms with Crippen molar-refractivity contribution in [3.8, 4) is 5.75 Å². The molecule has 0 N–H and O–H groups in total. The molecule has 0 spiro atoms. The molecule has 0 aliphatic heterocycles. The Bertz CT molecular complexity index is 1050. The third-order valence-electron chi connectivity index (χ3n) is 7.38. The summed E-state index contributed by atoms with van der Waals surface area (Å²) in [5.74, 6) is 0.662. The topological polar surface area (TPSA) is 50.5 Å². The summed E-state index contributed by atoms with van der Waals surface area (Å²) in [6.45, 7) is 6.59. The van der Waals surface area contributed by atoms with E-state index in [9.17, 15) is 8.42 Å². The van der Waals surface area contributed by atoms with E-state index in [2.05, 4.69) is 18.4 Å². The molecule has 0 aliphatic carbocycles. The third-order valence-corrected chi connectivity index (χ3v) is 8.87. The van der Waals surface area contributed by atoms with Gasteiger partial charge in [-0.3, -0.25) is 0 Å². The molecule has 1 aromatic carbocycles. The van der Waals surface area contributed by atoms with Crippen LogP contribution in [0.2, 0.25) is 5.02 Å². The molecule has 0 saturated heterocycles. The Morgan fingerprint density at radius 2 is 1.24 bits per heavy atom. The summed E-state index contributed by atoms with van der Waals surface area (Å²) in [6, 6.07) is 9.55. The SMILES string of the molecule is CCCCCCCCCCCCCCCCOc1ccc(CN(Cc2cc[n+](CCC)cc2)S(C)(=O)=O)cc1Cl.[I-]. The van der Waals surface area contributed by atoms with Gasteiger partial charge in [-0.25, -0.2) is 13.0 Å². The molecule has 8 heteroatoms. The molecule has 0 unspecified atom stereocenters. The van der Waals surface area contributed by atoms with Gasteiger partial charge in [0.15, 0.2) is 12.4 Å². The van der Waals surface area contributed by atoms with E-state index in [0.29, 0.717) is 23.9 Å². The van der Waals surface area contributed by atoms with Gasteiger partial charge in [-0.15, -0.1) is 0 Å². The van der Waals surface area contributed by atoms with E-state index in [1.165, 1.54) is 94.0 Å². The standard InChI is InChI=1S/C33H54ClN2O3S.HI/c1-4-6-7-8-9-10-11-12-13-14-15-16-17-18-26-39-33-20-19-31(27-32(33)34)29-36(40(3,37)38)28-30-21-24-35(23-5-2)25-22-30;/h19-22,24-25,27H,4-18,23,26,28-29H2,1-3H3;1H/q+1;/p-1. The van der Waals surface area contributed by atoms with E-state index in [1.54, 1.807) is 0 Å². The largest absolute Gasteiger partial charge is 1.00 e. The van der Waals surface area contributed by atoms with E-state index in [4.69, 9.17) is 16.3 Å². The number of pyridine rings is 1. The molecule has 41 heavy (non-hydrogen) atoms. The number of rotatable bonds is 23. The Kier molecular flexibility index (Phi) is 21.0. The lowest BCUT2D eigenvalue weighted by atomic mass is 10.0. The van der Waals surface area contributed by atoms with Crippen LogP contribution in [-0.2, 0) is 29.7 Å². The normalized spacial score (nSPS) is 11.5. The van der Waals surface area contributed by atoms with Crippen molar-refractivity contribution in [2.24, 2.45) is 0 Å². The van der Waals surface area contributed by atoms with Gasteiger partial charge in [0, 0.05) is 31.6 Å². The van der Waals surface area contributed by atoms with Gasteiger partial charge in [0.25, 0.3) is 0 Å². The van der Waals surface area contributed by atoms with E-state index in [1.807, 2.05) is 42.7 Å². The van der Waals surface area contributed by atoms with Crippen molar-refractivity contribution in [2.75, 3.05) is 12.9 Å². The minimum Gasteiger partial charge on any atom is -1.00 e. The van der Waals surface area contributed by atoms with Crippen molar-refractivity contribution < 1.29 is 41.7 Å². The summed E-state index contributed by atoms with van der Waals surface area (Å²) in [7, 11) is -3.39. The Morgan fingerprint density at radius 3 is 1.73 bits per heavy atom. The number of sulfonamides is 1. The fourth-order valence-corrected chi connectivity index (χ4v) is 5.96. The Morgan fingerprint density at radius 1 is 0.732 bits per heavy atom. The highest BCUT2D eigenvalue weighted by Gasteiger charge is 2.19. The van der Waals surface area contributed by atoms with Crippen molar-refractivity contribution in [3.05, 3.63) is 58.9 Å². The van der Waals surface area contributed by atoms with Crippen LogP contribution in [0.25, 0.3) is 0 Å². The van der Waals surface area contributed by atoms with Gasteiger partial charge in [0.05, 0.1) is 17.9 Å². The summed E-state index contributed by atoms with van der Waals surface area (Å²) in [5, 5.41) is 0.525. The first-order chi connectivity index (χ1) is 19.3. The smallest absolute Gasteiger partial charge is 0.211 e. The molecule has 0 atom stereocenters. The van der Waals surface area contributed by atoms with Gasteiger partial charge in [-0.1, -0.05) is 115 Å². The molecule has 0 amide bonds. The van der Waals surface area contributed by atoms with Crippen molar-refractivity contribution in [3.63, 3.8) is 0 Å². The Hall–Kier alpha value is -0.900. The highest BCUT2D eigenvalue weighted by Crippen LogP contribution is 2.27. The first-order valence-electron chi connectivity index (χ1n) is 15.7. The van der Waals surface area contributed by atoms with Crippen molar-refractivity contribution in [1.82, 2.24) is 4.31 Å². The number of benzene rings is 1. The highest BCUT2D eigenvalue weighted by atomic mass is 127. The van der Waals surface area contributed by atoms with Gasteiger partial charge in [-0.05, 0) is 29.7 Å². The molecule has 2 rings (SSSR count). The lowest BCUT2D eigenvalue weighted by Crippen LogP contribution is -3.00. The third kappa shape index (κ3) is 17.1. The summed E-state index contributed by atoms with van der Waals surface area (Å²) < 4.78 is 34.5. The zero-order chi connectivity index (χ0) is 29.1. The van der Waals surface area contributed by atoms with Gasteiger partial charge in [-0.2, -0.15) is 4.31 Å². The molecule has 0 fully saturated rings. The average molecular weight is 721 g/mol. The molecule has 2 aromatic rings. The number of hydrogen-bond donors (Lipinski definition) is 0. The van der Waals surface area contributed by atoms with Crippen LogP contribution in [0.5, 0.6) is 5.75 Å². The maximum atomic E-state index is 12.5. The van der Waals surface area contributed by atoms with Crippen LogP contribution in [-0.4, -0.2) is 25.6 Å². The monoisotopic (exact) mass is 720 g/mol. The summed E-state index contributed by atoms with van der Waals surface area (Å²) in [5.41, 5.74) is 1.80. The van der Waals surface area contributed by atoms with E-state index in [-0.39, 0.29) is 30.5 Å². The van der Waals surface area contributed by atoms with Gasteiger partial charge >= 0.3 is 0 Å². The minimum absolute atomic E-state index is 0. The molecule has 1 heterocycles. The van der Waals surface area contributed by atoms with Crippen LogP contribution in [0.4, 0.5) is 0 Å². The second-order valence-electron chi connectivity index (χ2n) is 11.2. The zero-order valence-corrected chi connectivity index (χ0v) is 29.5. The van der Waals surface area contributed by atoms with E-state index in [0.717, 1.165) is 30.5 Å². The second-order valence-corrected chi connectivity index (χ2v) is 13.6. The molecular formula is C33H54ClIN2O3S. The number of aromatic nitrogens is 1. The number of unbranched alkanes of at least 4 members (excludes halogenated alkanes) is 13. The van der Waals surface area contributed by atoms with Crippen LogP contribution < -0.4 is 33.3 Å². The molecule has 234 valence electrons. The Labute approximate surface area is 273 Å². The van der Waals surface area contributed by atoms with Crippen molar-refractivity contribution in [1.29, 1.82) is 0 Å². The quantitative estimate of drug-likeness (QED) is 0.0822. The van der Waals surface area contributed by atoms with Crippen LogP contribution in [0.15, 0.2) is 42.7 Å². The number of halogens is 2. The van der Waals surface area contributed by atoms with Crippen LogP contribution in [0.1, 0.15) is 121 Å². The maximum absolute atomic E-state index is 12.5. The predicted molar refractivity (Wildman–Crippen MR) is 168 cm³/mol. The fraction of sp³-hybridized carbons (Fsp3) is 0.667. The van der Waals surface area contributed by atoms with E-state index >= 15 is 0 Å². The first-order valence-corrected chi connectivity index (χ1v) is 17.9. The number of ether oxygens (including phenoxy) is 1. The van der Waals surface area contributed by atoms with Crippen molar-refractivity contribution >= 4 is 21.6 Å². The first kappa shape index (κ1) is 38.1. The minimum atomic E-state index is -3.39. The highest BCUT2D eigenvalue weighted by molar-refractivity contribution is 7.88. The van der Waals surface area contributed by atoms with Crippen LogP contribution >= 0.6 is 11.6 Å².